The van der Waals surface area contributed by atoms with Crippen molar-refractivity contribution in [2.75, 3.05) is 23.7 Å². The van der Waals surface area contributed by atoms with Gasteiger partial charge in [0.25, 0.3) is 0 Å². The Kier molecular flexibility index (Phi) is 8.19. The monoisotopic (exact) mass is 750 g/mol. The molecule has 0 saturated carbocycles. The van der Waals surface area contributed by atoms with E-state index in [2.05, 4.69) is 186 Å². The number of amidine groups is 1. The number of benzene rings is 7. The van der Waals surface area contributed by atoms with Crippen LogP contribution in [0, 0.1) is 0 Å². The van der Waals surface area contributed by atoms with E-state index in [-0.39, 0.29) is 17.7 Å². The van der Waals surface area contributed by atoms with Crippen LogP contribution in [0.1, 0.15) is 52.6 Å². The lowest BCUT2D eigenvalue weighted by atomic mass is 9.74. The molecule has 7 aromatic carbocycles. The van der Waals surface area contributed by atoms with Crippen molar-refractivity contribution in [2.24, 2.45) is 4.99 Å². The van der Waals surface area contributed by atoms with E-state index in [9.17, 15) is 0 Å². The van der Waals surface area contributed by atoms with Crippen molar-refractivity contribution < 1.29 is 0 Å². The Morgan fingerprint density at radius 1 is 0.552 bits per heavy atom. The number of hydrogen-bond acceptors (Lipinski definition) is 6. The van der Waals surface area contributed by atoms with Crippen LogP contribution < -0.4 is 21.3 Å². The molecule has 0 fully saturated rings. The van der Waals surface area contributed by atoms with Crippen LogP contribution in [0.3, 0.4) is 0 Å². The molecule has 0 spiro atoms. The normalized spacial score (nSPS) is 19.2. The smallest absolute Gasteiger partial charge is 0.131 e. The molecule has 3 heterocycles. The number of aliphatic imine (C=N–C) groups is 1. The molecule has 4 N–H and O–H groups in total. The summed E-state index contributed by atoms with van der Waals surface area (Å²) >= 11 is 0. The predicted molar refractivity (Wildman–Crippen MR) is 238 cm³/mol. The molecule has 0 radical (unpaired) electrons. The minimum Gasteiger partial charge on any atom is -0.382 e. The highest BCUT2D eigenvalue weighted by Crippen LogP contribution is 2.53. The number of pyridine rings is 1. The summed E-state index contributed by atoms with van der Waals surface area (Å²) in [7, 11) is 0. The van der Waals surface area contributed by atoms with Crippen LogP contribution in [-0.4, -0.2) is 23.9 Å². The Morgan fingerprint density at radius 2 is 1.28 bits per heavy atom. The molecule has 0 saturated heterocycles. The lowest BCUT2D eigenvalue weighted by Crippen LogP contribution is -2.44. The highest BCUT2D eigenvalue weighted by molar-refractivity contribution is 6.07. The second-order valence-electron chi connectivity index (χ2n) is 15.6. The number of nitrogens with one attached hydrogen (secondary N) is 4. The quantitative estimate of drug-likeness (QED) is 0.136. The van der Waals surface area contributed by atoms with Gasteiger partial charge >= 0.3 is 0 Å². The standard InChI is InChI=1S/C52H42N6/c1-52(39-18-9-4-10-19-39)44-22-12-11-20-40(44)41-24-23-35(31-45(41)52)36-28-37(43-32-46-48(55-27-26-53-46)42-21-13-25-54-47(42)43)30-38(29-36)51-57-49(33-14-5-2-6-15-33)56-50(58-51)34-16-7-3-8-17-34/h2-25,28-32,49,51,53,55,57H,26-27H2,1H3,(H,56,58). The van der Waals surface area contributed by atoms with Crippen LogP contribution in [0.2, 0.25) is 0 Å². The van der Waals surface area contributed by atoms with Gasteiger partial charge in [-0.2, -0.15) is 0 Å². The zero-order valence-electron chi connectivity index (χ0n) is 32.2. The van der Waals surface area contributed by atoms with Gasteiger partial charge in [-0.25, -0.2) is 4.99 Å². The molecule has 0 bridgehead atoms. The lowest BCUT2D eigenvalue weighted by Gasteiger charge is -2.32. The van der Waals surface area contributed by atoms with Gasteiger partial charge in [-0.15, -0.1) is 0 Å². The summed E-state index contributed by atoms with van der Waals surface area (Å²) < 4.78 is 0. The average molecular weight is 751 g/mol. The first kappa shape index (κ1) is 34.2. The molecule has 11 rings (SSSR count). The second kappa shape index (κ2) is 13.9. The van der Waals surface area contributed by atoms with Gasteiger partial charge in [0, 0.05) is 41.2 Å². The number of rotatable bonds is 6. The summed E-state index contributed by atoms with van der Waals surface area (Å²) in [5, 5.41) is 16.0. The molecule has 6 nitrogen and oxygen atoms in total. The minimum absolute atomic E-state index is 0.155. The number of nitrogens with zero attached hydrogens (tertiary/aromatic N) is 2. The summed E-state index contributed by atoms with van der Waals surface area (Å²) in [6.45, 7) is 4.11. The first-order chi connectivity index (χ1) is 28.6. The fraction of sp³-hybridized carbons (Fsp3) is 0.115. The van der Waals surface area contributed by atoms with Gasteiger partial charge in [-0.3, -0.25) is 10.3 Å². The van der Waals surface area contributed by atoms with Gasteiger partial charge < -0.3 is 16.0 Å². The minimum atomic E-state index is -0.342. The predicted octanol–water partition coefficient (Wildman–Crippen LogP) is 11.1. The summed E-state index contributed by atoms with van der Waals surface area (Å²) in [6.07, 6.45) is 1.40. The van der Waals surface area contributed by atoms with Crippen molar-refractivity contribution in [1.82, 2.24) is 15.6 Å². The third-order valence-corrected chi connectivity index (χ3v) is 12.3. The SMILES string of the molecule is CC1(c2ccccc2)c2ccccc2-c2ccc(-c3cc(-c4cc5c(c6cccnc46)NCCN5)cc(C4N=C(c5ccccc5)NC(c5ccccc5)N4)c3)cc21. The van der Waals surface area contributed by atoms with Crippen molar-refractivity contribution in [1.29, 1.82) is 0 Å². The molecular formula is C52H42N6. The first-order valence-corrected chi connectivity index (χ1v) is 20.2. The Labute approximate surface area is 338 Å². The van der Waals surface area contributed by atoms with Crippen LogP contribution >= 0.6 is 0 Å². The van der Waals surface area contributed by atoms with Crippen LogP contribution in [0.5, 0.6) is 0 Å². The van der Waals surface area contributed by atoms with Gasteiger partial charge in [0.15, 0.2) is 0 Å². The highest BCUT2D eigenvalue weighted by Gasteiger charge is 2.40. The van der Waals surface area contributed by atoms with Gasteiger partial charge in [0.2, 0.25) is 0 Å². The maximum Gasteiger partial charge on any atom is 0.131 e. The first-order valence-electron chi connectivity index (χ1n) is 20.2. The Bertz CT molecular complexity index is 2870. The molecular weight excluding hydrogens is 709 g/mol. The van der Waals surface area contributed by atoms with E-state index in [0.717, 1.165) is 80.1 Å². The molecule has 1 aliphatic carbocycles. The van der Waals surface area contributed by atoms with E-state index in [4.69, 9.17) is 9.98 Å². The van der Waals surface area contributed by atoms with Crippen molar-refractivity contribution in [3.63, 3.8) is 0 Å². The molecule has 58 heavy (non-hydrogen) atoms. The van der Waals surface area contributed by atoms with E-state index in [0.29, 0.717) is 0 Å². The number of aromatic nitrogens is 1. The van der Waals surface area contributed by atoms with E-state index in [1.165, 1.54) is 27.8 Å². The molecule has 3 atom stereocenters. The van der Waals surface area contributed by atoms with E-state index in [1.54, 1.807) is 0 Å². The molecule has 3 unspecified atom stereocenters. The Hall–Kier alpha value is -7.02. The third kappa shape index (κ3) is 5.67. The van der Waals surface area contributed by atoms with Crippen LogP contribution in [-0.2, 0) is 5.41 Å². The summed E-state index contributed by atoms with van der Waals surface area (Å²) in [5.41, 5.74) is 17.1. The molecule has 3 aliphatic rings. The van der Waals surface area contributed by atoms with Crippen LogP contribution in [0.15, 0.2) is 181 Å². The zero-order valence-corrected chi connectivity index (χ0v) is 32.2. The third-order valence-electron chi connectivity index (χ3n) is 12.3. The topological polar surface area (TPSA) is 73.4 Å². The molecule has 2 aliphatic heterocycles. The van der Waals surface area contributed by atoms with Gasteiger partial charge in [0.1, 0.15) is 18.2 Å². The Balaban J connectivity index is 1.13. The molecule has 1 aromatic heterocycles. The summed E-state index contributed by atoms with van der Waals surface area (Å²) in [5.74, 6) is 0.857. The lowest BCUT2D eigenvalue weighted by molar-refractivity contribution is 0.409. The number of anilines is 2. The van der Waals surface area contributed by atoms with E-state index >= 15 is 0 Å². The van der Waals surface area contributed by atoms with Crippen molar-refractivity contribution >= 4 is 28.1 Å². The van der Waals surface area contributed by atoms with E-state index < -0.39 is 0 Å². The molecule has 280 valence electrons. The highest BCUT2D eigenvalue weighted by atomic mass is 15.3. The second-order valence-corrected chi connectivity index (χ2v) is 15.6. The fourth-order valence-electron chi connectivity index (χ4n) is 9.36. The van der Waals surface area contributed by atoms with Gasteiger partial charge in [0.05, 0.1) is 16.9 Å². The number of hydrogen-bond donors (Lipinski definition) is 4. The maximum absolute atomic E-state index is 5.40. The van der Waals surface area contributed by atoms with Crippen molar-refractivity contribution in [3.05, 3.63) is 209 Å². The molecule has 8 aromatic rings. The maximum atomic E-state index is 5.40. The van der Waals surface area contributed by atoms with Crippen molar-refractivity contribution in [2.45, 2.75) is 24.7 Å². The van der Waals surface area contributed by atoms with E-state index in [1.807, 2.05) is 18.3 Å². The van der Waals surface area contributed by atoms with Crippen LogP contribution in [0.25, 0.3) is 44.3 Å². The summed E-state index contributed by atoms with van der Waals surface area (Å²) in [4.78, 5) is 10.4. The number of fused-ring (bicyclic) bond motifs is 6. The van der Waals surface area contributed by atoms with Crippen molar-refractivity contribution in [3.8, 4) is 33.4 Å². The fourth-order valence-corrected chi connectivity index (χ4v) is 9.36. The molecule has 6 heteroatoms. The van der Waals surface area contributed by atoms with Gasteiger partial charge in [-0.1, -0.05) is 127 Å². The average Bonchev–Trinajstić information content (AvgIpc) is 3.57. The molecule has 0 amide bonds. The largest absolute Gasteiger partial charge is 0.382 e. The Morgan fingerprint density at radius 3 is 2.12 bits per heavy atom. The van der Waals surface area contributed by atoms with Crippen LogP contribution in [0.4, 0.5) is 11.4 Å². The summed E-state index contributed by atoms with van der Waals surface area (Å²) in [6, 6.07) is 61.3. The van der Waals surface area contributed by atoms with Gasteiger partial charge in [-0.05, 0) is 105 Å². The zero-order chi connectivity index (χ0) is 38.6.